The zero-order valence-electron chi connectivity index (χ0n) is 13.2. The topological polar surface area (TPSA) is 34.1 Å². The average Bonchev–Trinajstić information content (AvgIpc) is 2.49. The molecule has 2 rings (SSSR count). The van der Waals surface area contributed by atoms with E-state index in [9.17, 15) is 9.59 Å². The van der Waals surface area contributed by atoms with Crippen molar-refractivity contribution >= 4 is 11.6 Å². The van der Waals surface area contributed by atoms with Crippen molar-refractivity contribution in [2.24, 2.45) is 11.8 Å². The summed E-state index contributed by atoms with van der Waals surface area (Å²) >= 11 is 0. The minimum atomic E-state index is 0.00735. The Bertz CT molecular complexity index is 478. The number of hydrogen-bond acceptors (Lipinski definition) is 2. The van der Waals surface area contributed by atoms with Gasteiger partial charge in [0.05, 0.1) is 0 Å². The molecule has 3 atom stereocenters. The lowest BCUT2D eigenvalue weighted by atomic mass is 9.76. The van der Waals surface area contributed by atoms with Crippen molar-refractivity contribution in [2.75, 3.05) is 0 Å². The largest absolute Gasteiger partial charge is 0.300 e. The lowest BCUT2D eigenvalue weighted by Crippen LogP contribution is -2.24. The molecule has 1 aliphatic rings. The Balaban J connectivity index is 1.97. The quantitative estimate of drug-likeness (QED) is 0.769. The molecule has 1 aromatic carbocycles. The van der Waals surface area contributed by atoms with Gasteiger partial charge in [-0.1, -0.05) is 44.2 Å². The van der Waals surface area contributed by atoms with Gasteiger partial charge in [-0.25, -0.2) is 0 Å². The van der Waals surface area contributed by atoms with Crippen LogP contribution in [0.25, 0.3) is 0 Å². The second kappa shape index (κ2) is 7.53. The summed E-state index contributed by atoms with van der Waals surface area (Å²) in [7, 11) is 0. The van der Waals surface area contributed by atoms with E-state index in [1.54, 1.807) is 0 Å². The van der Waals surface area contributed by atoms with E-state index >= 15 is 0 Å². The highest BCUT2D eigenvalue weighted by Gasteiger charge is 2.28. The van der Waals surface area contributed by atoms with Gasteiger partial charge >= 0.3 is 0 Å². The molecule has 3 unspecified atom stereocenters. The zero-order chi connectivity index (χ0) is 15.2. The van der Waals surface area contributed by atoms with Crippen molar-refractivity contribution in [3.63, 3.8) is 0 Å². The lowest BCUT2D eigenvalue weighted by molar-refractivity contribution is -0.125. The van der Waals surface area contributed by atoms with Gasteiger partial charge in [0.1, 0.15) is 11.6 Å². The molecule has 2 nitrogen and oxygen atoms in total. The molecule has 114 valence electrons. The highest BCUT2D eigenvalue weighted by molar-refractivity contribution is 5.86. The Morgan fingerprint density at radius 2 is 2.00 bits per heavy atom. The Morgan fingerprint density at radius 3 is 2.62 bits per heavy atom. The number of benzene rings is 1. The molecule has 0 heterocycles. The molecule has 1 fully saturated rings. The fourth-order valence-corrected chi connectivity index (χ4v) is 3.50. The van der Waals surface area contributed by atoms with Gasteiger partial charge in [-0.3, -0.25) is 9.59 Å². The van der Waals surface area contributed by atoms with Crippen LogP contribution in [-0.4, -0.2) is 11.6 Å². The van der Waals surface area contributed by atoms with Crippen LogP contribution in [0.3, 0.4) is 0 Å². The van der Waals surface area contributed by atoms with Gasteiger partial charge in [0.2, 0.25) is 0 Å². The first kappa shape index (κ1) is 15.9. The Hall–Kier alpha value is -1.44. The van der Waals surface area contributed by atoms with Crippen LogP contribution in [0.1, 0.15) is 63.9 Å². The van der Waals surface area contributed by atoms with Crippen LogP contribution in [0.5, 0.6) is 0 Å². The van der Waals surface area contributed by atoms with Crippen LogP contribution < -0.4 is 0 Å². The van der Waals surface area contributed by atoms with Crippen LogP contribution >= 0.6 is 0 Å². The molecular formula is C19H26O2. The minimum Gasteiger partial charge on any atom is -0.300 e. The molecule has 0 aliphatic heterocycles. The fourth-order valence-electron chi connectivity index (χ4n) is 3.50. The normalized spacial score (nSPS) is 21.8. The van der Waals surface area contributed by atoms with E-state index in [1.165, 1.54) is 0 Å². The van der Waals surface area contributed by atoms with Crippen LogP contribution in [0.4, 0.5) is 0 Å². The summed E-state index contributed by atoms with van der Waals surface area (Å²) in [5.74, 6) is 1.44. The second-order valence-electron chi connectivity index (χ2n) is 6.41. The lowest BCUT2D eigenvalue weighted by Gasteiger charge is -2.27. The number of ketones is 2. The third-order valence-corrected chi connectivity index (χ3v) is 4.85. The van der Waals surface area contributed by atoms with Crippen molar-refractivity contribution in [3.05, 3.63) is 35.9 Å². The molecule has 1 saturated carbocycles. The summed E-state index contributed by atoms with van der Waals surface area (Å²) in [5.41, 5.74) is 1.12. The number of hydrogen-bond donors (Lipinski definition) is 0. The van der Waals surface area contributed by atoms with Crippen molar-refractivity contribution in [1.82, 2.24) is 0 Å². The van der Waals surface area contributed by atoms with E-state index in [1.807, 2.05) is 30.3 Å². The smallest absolute Gasteiger partial charge is 0.140 e. The molecule has 2 heteroatoms. The molecular weight excluding hydrogens is 260 g/mol. The van der Waals surface area contributed by atoms with Gasteiger partial charge < -0.3 is 0 Å². The van der Waals surface area contributed by atoms with Gasteiger partial charge in [0.25, 0.3) is 0 Å². The first-order valence-electron chi connectivity index (χ1n) is 8.21. The van der Waals surface area contributed by atoms with Gasteiger partial charge in [0.15, 0.2) is 0 Å². The molecule has 0 bridgehead atoms. The van der Waals surface area contributed by atoms with Crippen molar-refractivity contribution in [2.45, 2.75) is 58.3 Å². The molecule has 0 radical (unpaired) electrons. The van der Waals surface area contributed by atoms with Crippen LogP contribution in [0, 0.1) is 11.8 Å². The molecule has 0 N–H and O–H groups in total. The molecule has 0 saturated heterocycles. The predicted molar refractivity (Wildman–Crippen MR) is 85.2 cm³/mol. The summed E-state index contributed by atoms with van der Waals surface area (Å²) in [6.07, 6.45) is 4.96. The van der Waals surface area contributed by atoms with Crippen LogP contribution in [-0.2, 0) is 9.59 Å². The van der Waals surface area contributed by atoms with Crippen molar-refractivity contribution in [1.29, 1.82) is 0 Å². The maximum Gasteiger partial charge on any atom is 0.140 e. The molecule has 0 aromatic heterocycles. The summed E-state index contributed by atoms with van der Waals surface area (Å²) in [5, 5.41) is 0. The Labute approximate surface area is 127 Å². The predicted octanol–water partition coefficient (Wildman–Crippen LogP) is 4.53. The van der Waals surface area contributed by atoms with Gasteiger partial charge in [-0.15, -0.1) is 0 Å². The third kappa shape index (κ3) is 4.26. The standard InChI is InChI=1S/C19H26O2/c1-3-18(15-8-5-4-6-9-15)19(21)12-14(2)16-10-7-11-17(20)13-16/h4-6,8-9,14,16,18H,3,7,10-13H2,1-2H3. The summed E-state index contributed by atoms with van der Waals surface area (Å²) < 4.78 is 0. The first-order chi connectivity index (χ1) is 10.1. The maximum absolute atomic E-state index is 12.6. The SMILES string of the molecule is CCC(C(=O)CC(C)C1CCCC(=O)C1)c1ccccc1. The van der Waals surface area contributed by atoms with E-state index in [0.717, 1.165) is 31.2 Å². The number of Topliss-reactive ketones (excluding diaryl/α,β-unsaturated/α-hetero) is 2. The molecule has 1 aliphatic carbocycles. The average molecular weight is 286 g/mol. The van der Waals surface area contributed by atoms with Crippen LogP contribution in [0.2, 0.25) is 0 Å². The van der Waals surface area contributed by atoms with Gasteiger partial charge in [-0.2, -0.15) is 0 Å². The molecule has 1 aromatic rings. The van der Waals surface area contributed by atoms with Crippen molar-refractivity contribution in [3.8, 4) is 0 Å². The first-order valence-corrected chi connectivity index (χ1v) is 8.21. The highest BCUT2D eigenvalue weighted by atomic mass is 16.1. The van der Waals surface area contributed by atoms with E-state index in [0.29, 0.717) is 36.2 Å². The van der Waals surface area contributed by atoms with E-state index < -0.39 is 0 Å². The van der Waals surface area contributed by atoms with Crippen molar-refractivity contribution < 1.29 is 9.59 Å². The number of rotatable bonds is 6. The highest BCUT2D eigenvalue weighted by Crippen LogP contribution is 2.32. The fraction of sp³-hybridized carbons (Fsp3) is 0.579. The number of carbonyl (C=O) groups is 2. The third-order valence-electron chi connectivity index (χ3n) is 4.85. The Kier molecular flexibility index (Phi) is 5.72. The van der Waals surface area contributed by atoms with Gasteiger partial charge in [-0.05, 0) is 36.7 Å². The van der Waals surface area contributed by atoms with E-state index in [4.69, 9.17) is 0 Å². The van der Waals surface area contributed by atoms with E-state index in [2.05, 4.69) is 13.8 Å². The summed E-state index contributed by atoms with van der Waals surface area (Å²) in [4.78, 5) is 24.2. The zero-order valence-corrected chi connectivity index (χ0v) is 13.2. The summed E-state index contributed by atoms with van der Waals surface area (Å²) in [6.45, 7) is 4.21. The monoisotopic (exact) mass is 286 g/mol. The van der Waals surface area contributed by atoms with Crippen LogP contribution in [0.15, 0.2) is 30.3 Å². The second-order valence-corrected chi connectivity index (χ2v) is 6.41. The summed E-state index contributed by atoms with van der Waals surface area (Å²) in [6, 6.07) is 10.1. The van der Waals surface area contributed by atoms with Gasteiger partial charge in [0, 0.05) is 25.2 Å². The minimum absolute atomic E-state index is 0.00735. The van der Waals surface area contributed by atoms with E-state index in [-0.39, 0.29) is 5.92 Å². The Morgan fingerprint density at radius 1 is 1.29 bits per heavy atom. The molecule has 0 spiro atoms. The number of carbonyl (C=O) groups excluding carboxylic acids is 2. The molecule has 0 amide bonds. The maximum atomic E-state index is 12.6. The molecule has 21 heavy (non-hydrogen) atoms.